The summed E-state index contributed by atoms with van der Waals surface area (Å²) in [7, 11) is 3.29. The Hall–Kier alpha value is -2.83. The quantitative estimate of drug-likeness (QED) is 0.559. The Morgan fingerprint density at radius 3 is 2.46 bits per heavy atom. The SMILES string of the molecule is CN=C(NCCc1ccc(OC)cc1)NCc1ccccc1OC(F)F. The predicted molar refractivity (Wildman–Crippen MR) is 98.0 cm³/mol. The van der Waals surface area contributed by atoms with Crippen LogP contribution in [0, 0.1) is 0 Å². The molecule has 0 aliphatic rings. The lowest BCUT2D eigenvalue weighted by Crippen LogP contribution is -2.37. The lowest BCUT2D eigenvalue weighted by molar-refractivity contribution is -0.0504. The van der Waals surface area contributed by atoms with Gasteiger partial charge in [-0.2, -0.15) is 8.78 Å². The van der Waals surface area contributed by atoms with Crippen molar-refractivity contribution in [3.63, 3.8) is 0 Å². The van der Waals surface area contributed by atoms with Gasteiger partial charge in [0.2, 0.25) is 0 Å². The van der Waals surface area contributed by atoms with Crippen LogP contribution in [0.1, 0.15) is 11.1 Å². The van der Waals surface area contributed by atoms with Crippen LogP contribution in [-0.4, -0.2) is 33.3 Å². The number of hydrogen-bond donors (Lipinski definition) is 2. The molecule has 5 nitrogen and oxygen atoms in total. The van der Waals surface area contributed by atoms with Gasteiger partial charge in [0.15, 0.2) is 5.96 Å². The Morgan fingerprint density at radius 1 is 1.08 bits per heavy atom. The predicted octanol–water partition coefficient (Wildman–Crippen LogP) is 3.20. The standard InChI is InChI=1S/C19H23F2N3O2/c1-22-19(23-12-11-14-7-9-16(25-2)10-8-14)24-13-15-5-3-4-6-17(15)26-18(20)21/h3-10,18H,11-13H2,1-2H3,(H2,22,23,24). The molecule has 2 N–H and O–H groups in total. The summed E-state index contributed by atoms with van der Waals surface area (Å²) in [5.41, 5.74) is 1.80. The van der Waals surface area contributed by atoms with Crippen LogP contribution in [0.3, 0.4) is 0 Å². The Balaban J connectivity index is 1.82. The summed E-state index contributed by atoms with van der Waals surface area (Å²) in [6.07, 6.45) is 0.815. The zero-order valence-corrected chi connectivity index (χ0v) is 14.8. The van der Waals surface area contributed by atoms with Crippen LogP contribution < -0.4 is 20.1 Å². The first-order valence-corrected chi connectivity index (χ1v) is 8.22. The molecule has 0 heterocycles. The van der Waals surface area contributed by atoms with Gasteiger partial charge < -0.3 is 20.1 Å². The molecule has 0 amide bonds. The van der Waals surface area contributed by atoms with Gasteiger partial charge >= 0.3 is 6.61 Å². The molecule has 0 spiro atoms. The molecule has 2 aromatic carbocycles. The Labute approximate surface area is 152 Å². The molecule has 0 atom stereocenters. The monoisotopic (exact) mass is 363 g/mol. The number of para-hydroxylation sites is 1. The van der Waals surface area contributed by atoms with E-state index in [1.54, 1.807) is 32.4 Å². The summed E-state index contributed by atoms with van der Waals surface area (Å²) in [5.74, 6) is 1.57. The van der Waals surface area contributed by atoms with Crippen molar-refractivity contribution in [2.45, 2.75) is 19.6 Å². The van der Waals surface area contributed by atoms with Crippen LogP contribution in [-0.2, 0) is 13.0 Å². The molecule has 0 saturated heterocycles. The third kappa shape index (κ3) is 6.23. The van der Waals surface area contributed by atoms with E-state index in [9.17, 15) is 8.78 Å². The number of hydrogen-bond acceptors (Lipinski definition) is 3. The highest BCUT2D eigenvalue weighted by atomic mass is 19.3. The minimum Gasteiger partial charge on any atom is -0.497 e. The van der Waals surface area contributed by atoms with Crippen molar-refractivity contribution in [2.24, 2.45) is 4.99 Å². The average molecular weight is 363 g/mol. The summed E-state index contributed by atoms with van der Waals surface area (Å²) in [6, 6.07) is 14.5. The second-order valence-electron chi connectivity index (χ2n) is 5.44. The van der Waals surface area contributed by atoms with E-state index in [1.807, 2.05) is 24.3 Å². The van der Waals surface area contributed by atoms with E-state index in [2.05, 4.69) is 20.4 Å². The largest absolute Gasteiger partial charge is 0.497 e. The van der Waals surface area contributed by atoms with Gasteiger partial charge in [-0.25, -0.2) is 0 Å². The first-order chi connectivity index (χ1) is 12.6. The van der Waals surface area contributed by atoms with Crippen molar-refractivity contribution in [3.8, 4) is 11.5 Å². The first kappa shape index (κ1) is 19.5. The topological polar surface area (TPSA) is 54.9 Å². The molecule has 0 radical (unpaired) electrons. The molecule has 0 aliphatic heterocycles. The lowest BCUT2D eigenvalue weighted by atomic mass is 10.1. The summed E-state index contributed by atoms with van der Waals surface area (Å²) in [4.78, 5) is 4.14. The van der Waals surface area contributed by atoms with E-state index in [1.165, 1.54) is 11.6 Å². The second kappa shape index (κ2) is 10.2. The fraction of sp³-hybridized carbons (Fsp3) is 0.316. The molecule has 0 bridgehead atoms. The van der Waals surface area contributed by atoms with Crippen molar-refractivity contribution in [2.75, 3.05) is 20.7 Å². The van der Waals surface area contributed by atoms with Gasteiger partial charge in [-0.3, -0.25) is 4.99 Å². The Bertz CT molecular complexity index is 706. The normalized spacial score (nSPS) is 11.3. The average Bonchev–Trinajstić information content (AvgIpc) is 2.65. The highest BCUT2D eigenvalue weighted by Crippen LogP contribution is 2.19. The molecule has 0 saturated carbocycles. The fourth-order valence-corrected chi connectivity index (χ4v) is 2.38. The van der Waals surface area contributed by atoms with Gasteiger partial charge in [0.25, 0.3) is 0 Å². The minimum atomic E-state index is -2.85. The van der Waals surface area contributed by atoms with Crippen LogP contribution in [0.4, 0.5) is 8.78 Å². The van der Waals surface area contributed by atoms with Crippen LogP contribution in [0.15, 0.2) is 53.5 Å². The summed E-state index contributed by atoms with van der Waals surface area (Å²) in [5, 5.41) is 6.29. The van der Waals surface area contributed by atoms with Crippen LogP contribution in [0.5, 0.6) is 11.5 Å². The Morgan fingerprint density at radius 2 is 1.81 bits per heavy atom. The van der Waals surface area contributed by atoms with E-state index in [0.29, 0.717) is 24.6 Å². The molecule has 0 unspecified atom stereocenters. The number of nitrogens with zero attached hydrogens (tertiary/aromatic N) is 1. The smallest absolute Gasteiger partial charge is 0.387 e. The number of methoxy groups -OCH3 is 1. The van der Waals surface area contributed by atoms with Gasteiger partial charge in [-0.05, 0) is 30.2 Å². The third-order valence-corrected chi connectivity index (χ3v) is 3.72. The van der Waals surface area contributed by atoms with E-state index >= 15 is 0 Å². The van der Waals surface area contributed by atoms with Gasteiger partial charge in [0.05, 0.1) is 7.11 Å². The number of nitrogens with one attached hydrogen (secondary N) is 2. The Kier molecular flexibility index (Phi) is 7.67. The highest BCUT2D eigenvalue weighted by molar-refractivity contribution is 5.79. The summed E-state index contributed by atoms with van der Waals surface area (Å²) in [6.45, 7) is -1.84. The van der Waals surface area contributed by atoms with Crippen molar-refractivity contribution in [3.05, 3.63) is 59.7 Å². The zero-order valence-electron chi connectivity index (χ0n) is 14.8. The molecular weight excluding hydrogens is 340 g/mol. The molecule has 2 rings (SSSR count). The molecule has 2 aromatic rings. The van der Waals surface area contributed by atoms with Crippen molar-refractivity contribution < 1.29 is 18.3 Å². The second-order valence-corrected chi connectivity index (χ2v) is 5.44. The fourth-order valence-electron chi connectivity index (χ4n) is 2.38. The number of aliphatic imine (C=N–C) groups is 1. The minimum absolute atomic E-state index is 0.156. The zero-order chi connectivity index (χ0) is 18.8. The van der Waals surface area contributed by atoms with Gasteiger partial charge in [0.1, 0.15) is 11.5 Å². The van der Waals surface area contributed by atoms with Crippen molar-refractivity contribution in [1.82, 2.24) is 10.6 Å². The molecule has 7 heteroatoms. The number of alkyl halides is 2. The molecule has 0 aromatic heterocycles. The van der Waals surface area contributed by atoms with E-state index in [0.717, 1.165) is 12.2 Å². The number of rotatable bonds is 8. The van der Waals surface area contributed by atoms with Crippen LogP contribution >= 0.6 is 0 Å². The summed E-state index contributed by atoms with van der Waals surface area (Å²) >= 11 is 0. The number of guanidine groups is 1. The van der Waals surface area contributed by atoms with Crippen LogP contribution in [0.2, 0.25) is 0 Å². The maximum absolute atomic E-state index is 12.5. The van der Waals surface area contributed by atoms with E-state index in [4.69, 9.17) is 4.74 Å². The van der Waals surface area contributed by atoms with Gasteiger partial charge in [0, 0.05) is 25.7 Å². The number of benzene rings is 2. The molecule has 0 aliphatic carbocycles. The van der Waals surface area contributed by atoms with Crippen LogP contribution in [0.25, 0.3) is 0 Å². The molecule has 26 heavy (non-hydrogen) atoms. The van der Waals surface area contributed by atoms with E-state index in [-0.39, 0.29) is 5.75 Å². The third-order valence-electron chi connectivity index (χ3n) is 3.72. The maximum atomic E-state index is 12.5. The van der Waals surface area contributed by atoms with E-state index < -0.39 is 6.61 Å². The molecule has 140 valence electrons. The summed E-state index contributed by atoms with van der Waals surface area (Å²) < 4.78 is 34.6. The van der Waals surface area contributed by atoms with Gasteiger partial charge in [-0.1, -0.05) is 30.3 Å². The lowest BCUT2D eigenvalue weighted by Gasteiger charge is -2.14. The molecular formula is C19H23F2N3O2. The number of halogens is 2. The maximum Gasteiger partial charge on any atom is 0.387 e. The number of ether oxygens (including phenoxy) is 2. The first-order valence-electron chi connectivity index (χ1n) is 8.22. The highest BCUT2D eigenvalue weighted by Gasteiger charge is 2.09. The van der Waals surface area contributed by atoms with Crippen molar-refractivity contribution >= 4 is 5.96 Å². The van der Waals surface area contributed by atoms with Crippen molar-refractivity contribution in [1.29, 1.82) is 0 Å². The molecule has 0 fully saturated rings. The van der Waals surface area contributed by atoms with Gasteiger partial charge in [-0.15, -0.1) is 0 Å².